The minimum Gasteiger partial charge on any atom is -0.465 e. The molecule has 1 aliphatic heterocycles. The number of carbonyl (C=O) groups excluding carboxylic acids is 1. The number of nitrogens with one attached hydrogen (secondary N) is 1. The highest BCUT2D eigenvalue weighted by Gasteiger charge is 2.50. The summed E-state index contributed by atoms with van der Waals surface area (Å²) in [6.45, 7) is 5.23. The van der Waals surface area contributed by atoms with Gasteiger partial charge in [0, 0.05) is 5.69 Å². The lowest BCUT2D eigenvalue weighted by Crippen LogP contribution is -2.41. The second kappa shape index (κ2) is 4.31. The fourth-order valence-corrected chi connectivity index (χ4v) is 2.24. The van der Waals surface area contributed by atoms with Crippen LogP contribution in [0, 0.1) is 18.3 Å². The van der Waals surface area contributed by atoms with Gasteiger partial charge in [0.1, 0.15) is 17.1 Å². The van der Waals surface area contributed by atoms with Crippen molar-refractivity contribution < 1.29 is 14.3 Å². The Balaban J connectivity index is 2.69. The number of aryl methyl sites for hydroxylation is 1. The normalized spacial score (nSPS) is 21.4. The lowest BCUT2D eigenvalue weighted by atomic mass is 9.75. The first-order chi connectivity index (χ1) is 8.96. The molecule has 100 valence electrons. The zero-order chi connectivity index (χ0) is 14.2. The maximum atomic E-state index is 12.3. The maximum absolute atomic E-state index is 12.3. The number of aromatic nitrogens is 2. The molecule has 0 aromatic carbocycles. The summed E-state index contributed by atoms with van der Waals surface area (Å²) in [6.07, 6.45) is 0. The Kier molecular flexibility index (Phi) is 2.94. The number of carbonyl (C=O) groups is 1. The number of nitrogens with two attached hydrogens (primary N) is 1. The molecule has 2 heterocycles. The van der Waals surface area contributed by atoms with Crippen LogP contribution in [0.15, 0.2) is 11.5 Å². The highest BCUT2D eigenvalue weighted by Crippen LogP contribution is 2.44. The molecule has 0 aliphatic carbocycles. The molecule has 1 atom stereocenters. The molecule has 0 radical (unpaired) electrons. The van der Waals surface area contributed by atoms with Gasteiger partial charge < -0.3 is 15.2 Å². The average Bonchev–Trinajstić information content (AvgIpc) is 2.71. The van der Waals surface area contributed by atoms with E-state index in [0.717, 1.165) is 0 Å². The molecular formula is C12H14N4O3. The van der Waals surface area contributed by atoms with Crippen LogP contribution in [0.5, 0.6) is 5.88 Å². The summed E-state index contributed by atoms with van der Waals surface area (Å²) in [7, 11) is 0. The summed E-state index contributed by atoms with van der Waals surface area (Å²) in [5.41, 5.74) is 5.53. The number of aromatic amines is 1. The Bertz CT molecular complexity index is 611. The van der Waals surface area contributed by atoms with E-state index < -0.39 is 11.4 Å². The summed E-state index contributed by atoms with van der Waals surface area (Å²) >= 11 is 0. The molecular weight excluding hydrogens is 248 g/mol. The Labute approximate surface area is 110 Å². The van der Waals surface area contributed by atoms with E-state index in [1.807, 2.05) is 6.07 Å². The third kappa shape index (κ3) is 1.64. The standard InChI is InChI=1S/C12H14N4O3/c1-4-18-11(17)12(3)7(5-13)9(14)19-10-8(12)6(2)15-16-10/h4,14H2,1-3H3,(H,15,16). The average molecular weight is 262 g/mol. The van der Waals surface area contributed by atoms with Gasteiger partial charge in [0.05, 0.1) is 12.2 Å². The number of hydrogen-bond acceptors (Lipinski definition) is 6. The van der Waals surface area contributed by atoms with Crippen molar-refractivity contribution >= 4 is 5.97 Å². The quantitative estimate of drug-likeness (QED) is 0.755. The SMILES string of the molecule is CCOC(=O)C1(C)C(C#N)=C(N)Oc2n[nH]c(C)c21. The molecule has 1 aliphatic rings. The number of nitrogens with zero attached hydrogens (tertiary/aromatic N) is 2. The largest absolute Gasteiger partial charge is 0.465 e. The Morgan fingerprint density at radius 3 is 2.95 bits per heavy atom. The van der Waals surface area contributed by atoms with Crippen LogP contribution in [-0.4, -0.2) is 22.8 Å². The molecule has 0 spiro atoms. The molecule has 1 aromatic rings. The number of H-pyrrole nitrogens is 1. The van der Waals surface area contributed by atoms with Crippen molar-refractivity contribution in [1.82, 2.24) is 10.2 Å². The molecule has 0 saturated carbocycles. The fraction of sp³-hybridized carbons (Fsp3) is 0.417. The number of hydrogen-bond donors (Lipinski definition) is 2. The molecule has 3 N–H and O–H groups in total. The Morgan fingerprint density at radius 2 is 2.37 bits per heavy atom. The van der Waals surface area contributed by atoms with Gasteiger partial charge in [0.2, 0.25) is 11.8 Å². The molecule has 0 saturated heterocycles. The highest BCUT2D eigenvalue weighted by atomic mass is 16.5. The Hall–Kier alpha value is -2.49. The lowest BCUT2D eigenvalue weighted by Gasteiger charge is -2.30. The minimum absolute atomic E-state index is 0.0305. The Morgan fingerprint density at radius 1 is 1.68 bits per heavy atom. The predicted molar refractivity (Wildman–Crippen MR) is 64.8 cm³/mol. The minimum atomic E-state index is -1.31. The lowest BCUT2D eigenvalue weighted by molar-refractivity contribution is -0.148. The van der Waals surface area contributed by atoms with E-state index >= 15 is 0 Å². The van der Waals surface area contributed by atoms with Gasteiger partial charge in [0.25, 0.3) is 0 Å². The van der Waals surface area contributed by atoms with Crippen LogP contribution in [0.25, 0.3) is 0 Å². The second-order valence-corrected chi connectivity index (χ2v) is 4.33. The topological polar surface area (TPSA) is 114 Å². The molecule has 1 unspecified atom stereocenters. The van der Waals surface area contributed by atoms with Gasteiger partial charge in [-0.25, -0.2) is 0 Å². The molecule has 7 nitrogen and oxygen atoms in total. The summed E-state index contributed by atoms with van der Waals surface area (Å²) in [5, 5.41) is 15.9. The first-order valence-electron chi connectivity index (χ1n) is 5.77. The molecule has 7 heteroatoms. The zero-order valence-corrected chi connectivity index (χ0v) is 10.9. The molecule has 1 aromatic heterocycles. The first-order valence-corrected chi connectivity index (χ1v) is 5.77. The van der Waals surface area contributed by atoms with Gasteiger partial charge in [-0.3, -0.25) is 9.89 Å². The van der Waals surface area contributed by atoms with Crippen LogP contribution in [0.4, 0.5) is 0 Å². The second-order valence-electron chi connectivity index (χ2n) is 4.33. The maximum Gasteiger partial charge on any atom is 0.322 e. The van der Waals surface area contributed by atoms with Crippen molar-refractivity contribution in [3.63, 3.8) is 0 Å². The molecule has 0 fully saturated rings. The van der Waals surface area contributed by atoms with Gasteiger partial charge in [-0.15, -0.1) is 5.10 Å². The van der Waals surface area contributed by atoms with Crippen molar-refractivity contribution in [2.24, 2.45) is 5.73 Å². The van der Waals surface area contributed by atoms with Crippen molar-refractivity contribution in [3.8, 4) is 11.9 Å². The summed E-state index contributed by atoms with van der Waals surface area (Å²) < 4.78 is 10.3. The van der Waals surface area contributed by atoms with Crippen LogP contribution < -0.4 is 10.5 Å². The summed E-state index contributed by atoms with van der Waals surface area (Å²) in [5.74, 6) is -0.481. The van der Waals surface area contributed by atoms with E-state index in [-0.39, 0.29) is 23.9 Å². The van der Waals surface area contributed by atoms with Crippen LogP contribution in [0.3, 0.4) is 0 Å². The zero-order valence-electron chi connectivity index (χ0n) is 10.9. The number of esters is 1. The first kappa shape index (κ1) is 13.0. The van der Waals surface area contributed by atoms with Crippen molar-refractivity contribution in [1.29, 1.82) is 5.26 Å². The van der Waals surface area contributed by atoms with E-state index in [9.17, 15) is 10.1 Å². The van der Waals surface area contributed by atoms with E-state index in [4.69, 9.17) is 15.2 Å². The fourth-order valence-electron chi connectivity index (χ4n) is 2.24. The third-order valence-electron chi connectivity index (χ3n) is 3.16. The smallest absolute Gasteiger partial charge is 0.322 e. The van der Waals surface area contributed by atoms with Crippen LogP contribution in [-0.2, 0) is 14.9 Å². The summed E-state index contributed by atoms with van der Waals surface area (Å²) in [4.78, 5) is 12.3. The number of rotatable bonds is 2. The molecule has 2 rings (SSSR count). The highest BCUT2D eigenvalue weighted by molar-refractivity contribution is 5.90. The monoisotopic (exact) mass is 262 g/mol. The van der Waals surface area contributed by atoms with E-state index in [2.05, 4.69) is 10.2 Å². The third-order valence-corrected chi connectivity index (χ3v) is 3.16. The number of ether oxygens (including phenoxy) is 2. The van der Waals surface area contributed by atoms with Gasteiger partial charge in [0.15, 0.2) is 0 Å². The van der Waals surface area contributed by atoms with Gasteiger partial charge >= 0.3 is 5.97 Å². The van der Waals surface area contributed by atoms with Crippen molar-refractivity contribution in [2.75, 3.05) is 6.61 Å². The molecule has 0 bridgehead atoms. The van der Waals surface area contributed by atoms with Crippen LogP contribution in [0.1, 0.15) is 25.1 Å². The van der Waals surface area contributed by atoms with Gasteiger partial charge in [-0.05, 0) is 20.8 Å². The van der Waals surface area contributed by atoms with Crippen molar-refractivity contribution in [3.05, 3.63) is 22.7 Å². The number of nitriles is 1. The molecule has 0 amide bonds. The molecule has 19 heavy (non-hydrogen) atoms. The van der Waals surface area contributed by atoms with E-state index in [1.165, 1.54) is 0 Å². The number of fused-ring (bicyclic) bond motifs is 1. The summed E-state index contributed by atoms with van der Waals surface area (Å²) in [6, 6.07) is 1.93. The van der Waals surface area contributed by atoms with Crippen molar-refractivity contribution in [2.45, 2.75) is 26.2 Å². The van der Waals surface area contributed by atoms with Gasteiger partial charge in [-0.2, -0.15) is 5.26 Å². The van der Waals surface area contributed by atoms with Crippen LogP contribution in [0.2, 0.25) is 0 Å². The van der Waals surface area contributed by atoms with E-state index in [1.54, 1.807) is 20.8 Å². The van der Waals surface area contributed by atoms with Crippen LogP contribution >= 0.6 is 0 Å². The van der Waals surface area contributed by atoms with E-state index in [0.29, 0.717) is 11.3 Å². The predicted octanol–water partition coefficient (Wildman–Crippen LogP) is 0.625. The van der Waals surface area contributed by atoms with Gasteiger partial charge in [-0.1, -0.05) is 0 Å².